The predicted octanol–water partition coefficient (Wildman–Crippen LogP) is 2.53. The molecule has 0 aliphatic heterocycles. The molecule has 3 heterocycles. The maximum Gasteiger partial charge on any atom is 0.225 e. The van der Waals surface area contributed by atoms with Crippen molar-refractivity contribution in [3.63, 3.8) is 0 Å². The molecule has 3 aromatic rings. The first-order valence-corrected chi connectivity index (χ1v) is 9.95. The van der Waals surface area contributed by atoms with Crippen LogP contribution in [-0.2, 0) is 24.1 Å². The standard InChI is InChI=1S/C20H29N7O2/c1-5-14-7-8-21-16(11-14)23-19-18-17(24-20(25-19)22-13(3)12-28)15(6-2)26-27(18)9-10-29-4/h7-8,11,13,28H,5-6,9-10,12H2,1-4H3,(H2,21,22,23,24,25)/t13-/m1/s1. The molecule has 0 aliphatic rings. The van der Waals surface area contributed by atoms with E-state index < -0.39 is 0 Å². The van der Waals surface area contributed by atoms with Gasteiger partial charge < -0.3 is 20.5 Å². The normalized spacial score (nSPS) is 12.3. The lowest BCUT2D eigenvalue weighted by molar-refractivity contribution is 0.184. The third-order valence-electron chi connectivity index (χ3n) is 4.63. The fraction of sp³-hybridized carbons (Fsp3) is 0.500. The lowest BCUT2D eigenvalue weighted by atomic mass is 10.2. The number of methoxy groups -OCH3 is 1. The first-order chi connectivity index (χ1) is 14.1. The molecule has 0 spiro atoms. The van der Waals surface area contributed by atoms with Crippen LogP contribution in [-0.4, -0.2) is 56.2 Å². The van der Waals surface area contributed by atoms with Crippen LogP contribution < -0.4 is 10.6 Å². The van der Waals surface area contributed by atoms with Gasteiger partial charge in [0.1, 0.15) is 16.9 Å². The van der Waals surface area contributed by atoms with E-state index in [1.54, 1.807) is 13.3 Å². The summed E-state index contributed by atoms with van der Waals surface area (Å²) in [6.45, 7) is 7.13. The van der Waals surface area contributed by atoms with Crippen LogP contribution in [0.25, 0.3) is 11.0 Å². The quantitative estimate of drug-likeness (QED) is 0.477. The average Bonchev–Trinajstić information content (AvgIpc) is 3.10. The highest BCUT2D eigenvalue weighted by molar-refractivity contribution is 5.90. The Morgan fingerprint density at radius 3 is 2.76 bits per heavy atom. The van der Waals surface area contributed by atoms with Gasteiger partial charge in [0, 0.05) is 19.3 Å². The van der Waals surface area contributed by atoms with Gasteiger partial charge in [-0.05, 0) is 37.5 Å². The minimum atomic E-state index is -0.171. The van der Waals surface area contributed by atoms with Gasteiger partial charge in [-0.3, -0.25) is 4.68 Å². The first kappa shape index (κ1) is 20.9. The van der Waals surface area contributed by atoms with Gasteiger partial charge in [-0.25, -0.2) is 9.97 Å². The van der Waals surface area contributed by atoms with Gasteiger partial charge in [0.2, 0.25) is 5.95 Å². The summed E-state index contributed by atoms with van der Waals surface area (Å²) in [6, 6.07) is 3.83. The summed E-state index contributed by atoms with van der Waals surface area (Å²) in [5.74, 6) is 1.77. The zero-order valence-corrected chi connectivity index (χ0v) is 17.4. The number of nitrogens with one attached hydrogen (secondary N) is 2. The fourth-order valence-corrected chi connectivity index (χ4v) is 3.02. The lowest BCUT2D eigenvalue weighted by Gasteiger charge is -2.14. The van der Waals surface area contributed by atoms with Crippen LogP contribution in [0.4, 0.5) is 17.6 Å². The van der Waals surface area contributed by atoms with Gasteiger partial charge in [-0.2, -0.15) is 10.1 Å². The Labute approximate surface area is 170 Å². The molecule has 0 saturated heterocycles. The molecule has 0 aromatic carbocycles. The van der Waals surface area contributed by atoms with Gasteiger partial charge in [0.25, 0.3) is 0 Å². The summed E-state index contributed by atoms with van der Waals surface area (Å²) in [5, 5.41) is 20.6. The van der Waals surface area contributed by atoms with Crippen LogP contribution in [0.2, 0.25) is 0 Å². The Balaban J connectivity index is 2.12. The van der Waals surface area contributed by atoms with E-state index >= 15 is 0 Å². The Morgan fingerprint density at radius 1 is 1.24 bits per heavy atom. The van der Waals surface area contributed by atoms with Crippen molar-refractivity contribution in [3.05, 3.63) is 29.6 Å². The van der Waals surface area contributed by atoms with Gasteiger partial charge in [0.15, 0.2) is 5.82 Å². The molecular formula is C20H29N7O2. The van der Waals surface area contributed by atoms with E-state index in [1.807, 2.05) is 30.7 Å². The summed E-state index contributed by atoms with van der Waals surface area (Å²) in [6.07, 6.45) is 3.45. The number of ether oxygens (including phenoxy) is 1. The lowest BCUT2D eigenvalue weighted by Crippen LogP contribution is -2.21. The number of aromatic nitrogens is 5. The van der Waals surface area contributed by atoms with E-state index in [2.05, 4.69) is 32.5 Å². The number of aryl methyl sites for hydroxylation is 2. The Bertz CT molecular complexity index is 957. The van der Waals surface area contributed by atoms with Gasteiger partial charge in [-0.1, -0.05) is 13.8 Å². The first-order valence-electron chi connectivity index (χ1n) is 9.95. The van der Waals surface area contributed by atoms with Crippen molar-refractivity contribution in [1.29, 1.82) is 0 Å². The summed E-state index contributed by atoms with van der Waals surface area (Å²) >= 11 is 0. The molecule has 0 radical (unpaired) electrons. The number of aliphatic hydroxyl groups excluding tert-OH is 1. The fourth-order valence-electron chi connectivity index (χ4n) is 3.02. The van der Waals surface area contributed by atoms with E-state index in [0.717, 1.165) is 29.6 Å². The number of rotatable bonds is 10. The van der Waals surface area contributed by atoms with Gasteiger partial charge in [0.05, 0.1) is 25.5 Å². The van der Waals surface area contributed by atoms with Crippen molar-refractivity contribution in [1.82, 2.24) is 24.7 Å². The van der Waals surface area contributed by atoms with Crippen molar-refractivity contribution in [2.45, 2.75) is 46.2 Å². The highest BCUT2D eigenvalue weighted by atomic mass is 16.5. The second-order valence-corrected chi connectivity index (χ2v) is 6.87. The number of nitrogens with zero attached hydrogens (tertiary/aromatic N) is 5. The molecule has 0 fully saturated rings. The predicted molar refractivity (Wildman–Crippen MR) is 114 cm³/mol. The SMILES string of the molecule is CCc1ccnc(Nc2nc(N[C@H](C)CO)nc3c(CC)nn(CCOC)c23)c1. The van der Waals surface area contributed by atoms with Crippen molar-refractivity contribution >= 4 is 28.6 Å². The minimum Gasteiger partial charge on any atom is -0.394 e. The third kappa shape index (κ3) is 4.80. The summed E-state index contributed by atoms with van der Waals surface area (Å²) in [4.78, 5) is 13.8. The topological polar surface area (TPSA) is 110 Å². The largest absolute Gasteiger partial charge is 0.394 e. The number of hydrogen-bond acceptors (Lipinski definition) is 8. The molecule has 1 atom stereocenters. The zero-order chi connectivity index (χ0) is 20.8. The summed E-state index contributed by atoms with van der Waals surface area (Å²) in [7, 11) is 1.67. The van der Waals surface area contributed by atoms with Gasteiger partial charge in [-0.15, -0.1) is 0 Å². The Kier molecular flexibility index (Phi) is 6.95. The van der Waals surface area contributed by atoms with E-state index in [-0.39, 0.29) is 12.6 Å². The van der Waals surface area contributed by atoms with Crippen LogP contribution in [0.15, 0.2) is 18.3 Å². The Hall–Kier alpha value is -2.78. The number of fused-ring (bicyclic) bond motifs is 1. The molecule has 3 N–H and O–H groups in total. The number of pyridine rings is 1. The highest BCUT2D eigenvalue weighted by Crippen LogP contribution is 2.28. The molecule has 156 valence electrons. The monoisotopic (exact) mass is 399 g/mol. The van der Waals surface area contributed by atoms with E-state index in [0.29, 0.717) is 30.7 Å². The minimum absolute atomic E-state index is 0.0159. The number of hydrogen-bond donors (Lipinski definition) is 3. The van der Waals surface area contributed by atoms with Crippen LogP contribution in [0.5, 0.6) is 0 Å². The highest BCUT2D eigenvalue weighted by Gasteiger charge is 2.19. The molecule has 0 unspecified atom stereocenters. The maximum atomic E-state index is 9.40. The second kappa shape index (κ2) is 9.62. The number of anilines is 3. The molecule has 9 nitrogen and oxygen atoms in total. The van der Waals surface area contributed by atoms with Gasteiger partial charge >= 0.3 is 0 Å². The molecule has 3 rings (SSSR count). The van der Waals surface area contributed by atoms with E-state index in [1.165, 1.54) is 5.56 Å². The van der Waals surface area contributed by atoms with Crippen molar-refractivity contribution in [2.24, 2.45) is 0 Å². The van der Waals surface area contributed by atoms with Crippen LogP contribution in [0, 0.1) is 0 Å². The second-order valence-electron chi connectivity index (χ2n) is 6.87. The molecular weight excluding hydrogens is 370 g/mol. The van der Waals surface area contributed by atoms with Crippen molar-refractivity contribution in [3.8, 4) is 0 Å². The zero-order valence-electron chi connectivity index (χ0n) is 17.4. The summed E-state index contributed by atoms with van der Waals surface area (Å²) in [5.41, 5.74) is 3.66. The Morgan fingerprint density at radius 2 is 2.07 bits per heavy atom. The molecule has 0 amide bonds. The smallest absolute Gasteiger partial charge is 0.225 e. The van der Waals surface area contributed by atoms with Crippen LogP contribution in [0.3, 0.4) is 0 Å². The van der Waals surface area contributed by atoms with E-state index in [9.17, 15) is 5.11 Å². The van der Waals surface area contributed by atoms with E-state index in [4.69, 9.17) is 9.84 Å². The molecule has 29 heavy (non-hydrogen) atoms. The maximum absolute atomic E-state index is 9.40. The molecule has 9 heteroatoms. The molecule has 3 aromatic heterocycles. The van der Waals surface area contributed by atoms with Crippen LogP contribution in [0.1, 0.15) is 32.0 Å². The average molecular weight is 399 g/mol. The third-order valence-corrected chi connectivity index (χ3v) is 4.63. The molecule has 0 aliphatic carbocycles. The molecule has 0 bridgehead atoms. The number of aliphatic hydroxyl groups is 1. The summed E-state index contributed by atoms with van der Waals surface area (Å²) < 4.78 is 7.12. The van der Waals surface area contributed by atoms with Crippen molar-refractivity contribution < 1.29 is 9.84 Å². The molecule has 0 saturated carbocycles. The van der Waals surface area contributed by atoms with Crippen LogP contribution >= 0.6 is 0 Å². The van der Waals surface area contributed by atoms with Crippen molar-refractivity contribution in [2.75, 3.05) is 31.0 Å².